The Hall–Kier alpha value is -1.23. The molecule has 0 spiro atoms. The fourth-order valence-corrected chi connectivity index (χ4v) is 2.22. The lowest BCUT2D eigenvalue weighted by Crippen LogP contribution is -2.22. The summed E-state index contributed by atoms with van der Waals surface area (Å²) in [5, 5.41) is 2.78. The highest BCUT2D eigenvalue weighted by Crippen LogP contribution is 2.15. The third-order valence-corrected chi connectivity index (χ3v) is 3.53. The van der Waals surface area contributed by atoms with Gasteiger partial charge in [0.2, 0.25) is 5.91 Å². The highest BCUT2D eigenvalue weighted by atomic mass is 32.2. The van der Waals surface area contributed by atoms with Gasteiger partial charge in [0.25, 0.3) is 0 Å². The van der Waals surface area contributed by atoms with Crippen LogP contribution in [0.4, 0.5) is 11.5 Å². The van der Waals surface area contributed by atoms with Crippen molar-refractivity contribution in [1.29, 1.82) is 0 Å². The molecule has 1 heterocycles. The maximum Gasteiger partial charge on any atom is 0.237 e. The number of hydrogen-bond donors (Lipinski definition) is 2. The van der Waals surface area contributed by atoms with Gasteiger partial charge in [-0.3, -0.25) is 4.79 Å². The molecule has 1 rings (SSSR count). The summed E-state index contributed by atoms with van der Waals surface area (Å²) in [6.07, 6.45) is 3.87. The van der Waals surface area contributed by atoms with Crippen molar-refractivity contribution in [3.05, 3.63) is 18.3 Å². The van der Waals surface area contributed by atoms with Crippen molar-refractivity contribution in [2.75, 3.05) is 16.8 Å². The molecule has 1 amide bonds. The molecule has 94 valence electrons. The highest BCUT2D eigenvalue weighted by Gasteiger charge is 2.12. The van der Waals surface area contributed by atoms with Gasteiger partial charge in [-0.15, -0.1) is 11.8 Å². The molecule has 17 heavy (non-hydrogen) atoms. The second-order valence-corrected chi connectivity index (χ2v) is 5.28. The average molecular weight is 253 g/mol. The van der Waals surface area contributed by atoms with Crippen molar-refractivity contribution in [3.8, 4) is 0 Å². The smallest absolute Gasteiger partial charge is 0.237 e. The van der Waals surface area contributed by atoms with Gasteiger partial charge in [-0.25, -0.2) is 4.98 Å². The summed E-state index contributed by atoms with van der Waals surface area (Å²) in [5.41, 5.74) is 6.16. The lowest BCUT2D eigenvalue weighted by Gasteiger charge is -2.11. The van der Waals surface area contributed by atoms with Crippen molar-refractivity contribution in [2.24, 2.45) is 0 Å². The Morgan fingerprint density at radius 2 is 2.35 bits per heavy atom. The van der Waals surface area contributed by atoms with E-state index < -0.39 is 0 Å². The zero-order valence-corrected chi connectivity index (χ0v) is 11.1. The Balaban J connectivity index is 2.40. The number of thioether (sulfide) groups is 1. The number of hydrogen-bond acceptors (Lipinski definition) is 4. The zero-order valence-electron chi connectivity index (χ0n) is 10.3. The van der Waals surface area contributed by atoms with Crippen LogP contribution in [0.2, 0.25) is 0 Å². The van der Waals surface area contributed by atoms with Gasteiger partial charge in [0.1, 0.15) is 5.82 Å². The second-order valence-electron chi connectivity index (χ2n) is 3.83. The molecule has 0 bridgehead atoms. The minimum Gasteiger partial charge on any atom is -0.384 e. The molecule has 1 atom stereocenters. The number of rotatable bonds is 6. The maximum atomic E-state index is 11.8. The van der Waals surface area contributed by atoms with E-state index in [-0.39, 0.29) is 11.2 Å². The van der Waals surface area contributed by atoms with E-state index >= 15 is 0 Å². The van der Waals surface area contributed by atoms with E-state index in [2.05, 4.69) is 17.2 Å². The quantitative estimate of drug-likeness (QED) is 0.764. The fraction of sp³-hybridized carbons (Fsp3) is 0.500. The van der Waals surface area contributed by atoms with Gasteiger partial charge in [-0.1, -0.05) is 13.3 Å². The topological polar surface area (TPSA) is 68.0 Å². The lowest BCUT2D eigenvalue weighted by molar-refractivity contribution is -0.115. The third-order valence-electron chi connectivity index (χ3n) is 2.29. The van der Waals surface area contributed by atoms with Crippen molar-refractivity contribution in [1.82, 2.24) is 4.98 Å². The summed E-state index contributed by atoms with van der Waals surface area (Å²) in [6.45, 7) is 4.06. The second kappa shape index (κ2) is 7.17. The van der Waals surface area contributed by atoms with Crippen LogP contribution in [0, 0.1) is 0 Å². The van der Waals surface area contributed by atoms with E-state index in [0.29, 0.717) is 11.5 Å². The number of nitrogens with zero attached hydrogens (tertiary/aromatic N) is 1. The minimum absolute atomic E-state index is 0.0117. The van der Waals surface area contributed by atoms with Crippen LogP contribution in [0.3, 0.4) is 0 Å². The normalized spacial score (nSPS) is 12.1. The molecule has 0 saturated heterocycles. The third kappa shape index (κ3) is 5.08. The Labute approximate surface area is 106 Å². The molecule has 0 fully saturated rings. The van der Waals surface area contributed by atoms with E-state index in [4.69, 9.17) is 5.73 Å². The highest BCUT2D eigenvalue weighted by molar-refractivity contribution is 8.00. The van der Waals surface area contributed by atoms with E-state index in [1.165, 1.54) is 0 Å². The van der Waals surface area contributed by atoms with Crippen LogP contribution < -0.4 is 11.1 Å². The monoisotopic (exact) mass is 253 g/mol. The number of carbonyl (C=O) groups is 1. The average Bonchev–Trinajstić information content (AvgIpc) is 2.32. The molecule has 4 nitrogen and oxygen atoms in total. The number of unbranched alkanes of at least 4 members (excludes halogenated alkanes) is 1. The van der Waals surface area contributed by atoms with Crippen LogP contribution in [-0.2, 0) is 4.79 Å². The van der Waals surface area contributed by atoms with Gasteiger partial charge in [0.05, 0.1) is 17.1 Å². The molecule has 0 radical (unpaired) electrons. The molecule has 0 aliphatic carbocycles. The number of carbonyl (C=O) groups excluding carboxylic acids is 1. The Morgan fingerprint density at radius 3 is 2.94 bits per heavy atom. The number of pyridine rings is 1. The van der Waals surface area contributed by atoms with Gasteiger partial charge in [-0.05, 0) is 31.2 Å². The van der Waals surface area contributed by atoms with Gasteiger partial charge in [-0.2, -0.15) is 0 Å². The number of aromatic nitrogens is 1. The maximum absolute atomic E-state index is 11.8. The Kier molecular flexibility index (Phi) is 5.83. The SMILES string of the molecule is CCCCSC(C)C(=O)Nc1ccc(N)nc1. The lowest BCUT2D eigenvalue weighted by atomic mass is 10.3. The van der Waals surface area contributed by atoms with E-state index in [9.17, 15) is 4.79 Å². The van der Waals surface area contributed by atoms with Crippen LogP contribution in [0.5, 0.6) is 0 Å². The van der Waals surface area contributed by atoms with E-state index in [1.54, 1.807) is 30.1 Å². The van der Waals surface area contributed by atoms with Crippen LogP contribution in [0.15, 0.2) is 18.3 Å². The van der Waals surface area contributed by atoms with Crippen LogP contribution >= 0.6 is 11.8 Å². The van der Waals surface area contributed by atoms with Gasteiger partial charge in [0, 0.05) is 0 Å². The summed E-state index contributed by atoms with van der Waals surface area (Å²) < 4.78 is 0. The molecular weight excluding hydrogens is 234 g/mol. The molecule has 5 heteroatoms. The summed E-state index contributed by atoms with van der Waals surface area (Å²) in [4.78, 5) is 15.7. The van der Waals surface area contributed by atoms with Gasteiger partial charge in [0.15, 0.2) is 0 Å². The summed E-state index contributed by atoms with van der Waals surface area (Å²) in [5.74, 6) is 1.48. The van der Waals surface area contributed by atoms with Crippen molar-refractivity contribution in [3.63, 3.8) is 0 Å². The summed E-state index contributed by atoms with van der Waals surface area (Å²) in [7, 11) is 0. The molecule has 1 unspecified atom stereocenters. The summed E-state index contributed by atoms with van der Waals surface area (Å²) >= 11 is 1.67. The predicted molar refractivity (Wildman–Crippen MR) is 74.1 cm³/mol. The van der Waals surface area contributed by atoms with Gasteiger partial charge >= 0.3 is 0 Å². The largest absolute Gasteiger partial charge is 0.384 e. The van der Waals surface area contributed by atoms with E-state index in [0.717, 1.165) is 18.6 Å². The summed E-state index contributed by atoms with van der Waals surface area (Å²) in [6, 6.07) is 3.42. The molecule has 1 aromatic heterocycles. The van der Waals surface area contributed by atoms with E-state index in [1.807, 2.05) is 6.92 Å². The number of anilines is 2. The Morgan fingerprint density at radius 1 is 1.59 bits per heavy atom. The first kappa shape index (κ1) is 13.8. The molecule has 0 aromatic carbocycles. The molecule has 0 saturated carbocycles. The first-order valence-electron chi connectivity index (χ1n) is 5.77. The molecule has 1 aromatic rings. The zero-order chi connectivity index (χ0) is 12.7. The first-order chi connectivity index (χ1) is 8.13. The van der Waals surface area contributed by atoms with Gasteiger partial charge < -0.3 is 11.1 Å². The number of amides is 1. The minimum atomic E-state index is -0.0425. The van der Waals surface area contributed by atoms with Crippen molar-refractivity contribution in [2.45, 2.75) is 31.9 Å². The standard InChI is InChI=1S/C12H19N3OS/c1-3-4-7-17-9(2)12(16)15-10-5-6-11(13)14-8-10/h5-6,8-9H,3-4,7H2,1-2H3,(H2,13,14)(H,15,16). The molecular formula is C12H19N3OS. The predicted octanol–water partition coefficient (Wildman–Crippen LogP) is 2.52. The number of nitrogens with one attached hydrogen (secondary N) is 1. The van der Waals surface area contributed by atoms with Crippen LogP contribution in [0.25, 0.3) is 0 Å². The number of nitrogens with two attached hydrogens (primary N) is 1. The molecule has 0 aliphatic rings. The fourth-order valence-electron chi connectivity index (χ4n) is 1.20. The first-order valence-corrected chi connectivity index (χ1v) is 6.82. The molecule has 0 aliphatic heterocycles. The van der Waals surface area contributed by atoms with Crippen LogP contribution in [0.1, 0.15) is 26.7 Å². The number of nitrogen functional groups attached to an aromatic ring is 1. The Bertz CT molecular complexity index is 353. The van der Waals surface area contributed by atoms with Crippen LogP contribution in [-0.4, -0.2) is 21.9 Å². The van der Waals surface area contributed by atoms with Crippen molar-refractivity contribution >= 4 is 29.2 Å². The molecule has 3 N–H and O–H groups in total. The van der Waals surface area contributed by atoms with Crippen molar-refractivity contribution < 1.29 is 4.79 Å².